The third kappa shape index (κ3) is 8.99. The number of carbonyl (C=O) groups is 4. The Kier molecular flexibility index (Phi) is 11.6. The molecule has 0 aromatic rings. The fourth-order valence-corrected chi connectivity index (χ4v) is 2.59. The second-order valence-corrected chi connectivity index (χ2v) is 6.66. The van der Waals surface area contributed by atoms with Crippen LogP contribution in [-0.4, -0.2) is 81.5 Å². The van der Waals surface area contributed by atoms with E-state index in [9.17, 15) is 19.2 Å². The lowest BCUT2D eigenvalue weighted by atomic mass is 9.92. The molecule has 0 bridgehead atoms. The SMILES string of the molecule is CCOCC(COCC)(COCC)COCC(=O)CC(=O)ON1C(=O)CCC1=O. The summed E-state index contributed by atoms with van der Waals surface area (Å²) in [5.41, 5.74) is -0.586. The van der Waals surface area contributed by atoms with Gasteiger partial charge in [0.05, 0.1) is 31.8 Å². The van der Waals surface area contributed by atoms with Gasteiger partial charge in [-0.25, -0.2) is 4.79 Å². The molecule has 1 rings (SSSR count). The van der Waals surface area contributed by atoms with Crippen molar-refractivity contribution in [2.24, 2.45) is 5.41 Å². The topological polar surface area (TPSA) is 118 Å². The number of amides is 2. The first-order valence-corrected chi connectivity index (χ1v) is 9.76. The van der Waals surface area contributed by atoms with Crippen molar-refractivity contribution in [1.29, 1.82) is 0 Å². The Hall–Kier alpha value is -1.88. The lowest BCUT2D eigenvalue weighted by Gasteiger charge is -2.32. The highest BCUT2D eigenvalue weighted by Crippen LogP contribution is 2.21. The van der Waals surface area contributed by atoms with Crippen molar-refractivity contribution < 1.29 is 43.0 Å². The fourth-order valence-electron chi connectivity index (χ4n) is 2.59. The minimum atomic E-state index is -0.980. The highest BCUT2D eigenvalue weighted by atomic mass is 16.7. The average Bonchev–Trinajstić information content (AvgIpc) is 3.00. The van der Waals surface area contributed by atoms with E-state index >= 15 is 0 Å². The molecule has 1 aliphatic heterocycles. The van der Waals surface area contributed by atoms with Crippen LogP contribution in [-0.2, 0) is 43.0 Å². The van der Waals surface area contributed by atoms with Crippen LogP contribution < -0.4 is 0 Å². The molecule has 2 amide bonds. The van der Waals surface area contributed by atoms with E-state index in [0.717, 1.165) is 0 Å². The Morgan fingerprint density at radius 1 is 0.828 bits per heavy atom. The van der Waals surface area contributed by atoms with Crippen molar-refractivity contribution in [3.63, 3.8) is 0 Å². The first-order chi connectivity index (χ1) is 13.9. The number of ketones is 1. The molecule has 0 N–H and O–H groups in total. The molecule has 1 aliphatic rings. The maximum Gasteiger partial charge on any atom is 0.340 e. The Labute approximate surface area is 170 Å². The van der Waals surface area contributed by atoms with Gasteiger partial charge in [0.15, 0.2) is 5.78 Å². The lowest BCUT2D eigenvalue weighted by Crippen LogP contribution is -2.42. The number of nitrogens with zero attached hydrogens (tertiary/aromatic N) is 1. The van der Waals surface area contributed by atoms with Gasteiger partial charge in [0.2, 0.25) is 0 Å². The number of carbonyl (C=O) groups excluding carboxylic acids is 4. The predicted octanol–water partition coefficient (Wildman–Crippen LogP) is 0.665. The summed E-state index contributed by atoms with van der Waals surface area (Å²) in [7, 11) is 0. The van der Waals surface area contributed by atoms with Gasteiger partial charge in [-0.1, -0.05) is 0 Å². The van der Waals surface area contributed by atoms with Gasteiger partial charge in [0.1, 0.15) is 13.0 Å². The molecule has 10 nitrogen and oxygen atoms in total. The van der Waals surface area contributed by atoms with Gasteiger partial charge >= 0.3 is 5.97 Å². The minimum absolute atomic E-state index is 0.00918. The van der Waals surface area contributed by atoms with Crippen LogP contribution in [0.15, 0.2) is 0 Å². The van der Waals surface area contributed by atoms with Crippen molar-refractivity contribution in [3.05, 3.63) is 0 Å². The number of ether oxygens (including phenoxy) is 4. The molecule has 0 unspecified atom stereocenters. The summed E-state index contributed by atoms with van der Waals surface area (Å²) >= 11 is 0. The van der Waals surface area contributed by atoms with Crippen molar-refractivity contribution >= 4 is 23.6 Å². The van der Waals surface area contributed by atoms with E-state index in [2.05, 4.69) is 4.84 Å². The summed E-state index contributed by atoms with van der Waals surface area (Å²) < 4.78 is 22.1. The van der Waals surface area contributed by atoms with Crippen molar-refractivity contribution in [1.82, 2.24) is 5.06 Å². The molecule has 10 heteroatoms. The molecule has 0 spiro atoms. The maximum atomic E-state index is 12.0. The molecule has 0 radical (unpaired) electrons. The zero-order valence-corrected chi connectivity index (χ0v) is 17.4. The van der Waals surface area contributed by atoms with Crippen LogP contribution in [0.2, 0.25) is 0 Å². The van der Waals surface area contributed by atoms with Gasteiger partial charge in [0.25, 0.3) is 11.8 Å². The van der Waals surface area contributed by atoms with Crippen LogP contribution in [0, 0.1) is 5.41 Å². The van der Waals surface area contributed by atoms with Crippen LogP contribution in [0.4, 0.5) is 0 Å². The Balaban J connectivity index is 2.51. The van der Waals surface area contributed by atoms with Gasteiger partial charge in [-0.2, -0.15) is 0 Å². The van der Waals surface area contributed by atoms with Crippen molar-refractivity contribution in [3.8, 4) is 0 Å². The van der Waals surface area contributed by atoms with Gasteiger partial charge in [-0.15, -0.1) is 5.06 Å². The van der Waals surface area contributed by atoms with E-state index in [4.69, 9.17) is 18.9 Å². The fraction of sp³-hybridized carbons (Fsp3) is 0.789. The van der Waals surface area contributed by atoms with E-state index in [1.54, 1.807) is 0 Å². The molecule has 0 atom stereocenters. The van der Waals surface area contributed by atoms with E-state index in [-0.39, 0.29) is 26.1 Å². The van der Waals surface area contributed by atoms with E-state index < -0.39 is 35.4 Å². The Morgan fingerprint density at radius 3 is 1.72 bits per heavy atom. The number of hydrogen-bond donors (Lipinski definition) is 0. The molecular formula is C19H31NO9. The molecule has 1 saturated heterocycles. The summed E-state index contributed by atoms with van der Waals surface area (Å²) in [6.07, 6.45) is -0.623. The van der Waals surface area contributed by atoms with Gasteiger partial charge in [-0.05, 0) is 20.8 Å². The standard InChI is InChI=1S/C19H31NO9/c1-4-25-11-19(12-26-5-2,13-27-6-3)14-28-10-15(21)9-18(24)29-20-16(22)7-8-17(20)23/h4-14H2,1-3H3. The van der Waals surface area contributed by atoms with Crippen LogP contribution in [0.3, 0.4) is 0 Å². The molecule has 0 aromatic heterocycles. The molecule has 1 fully saturated rings. The van der Waals surface area contributed by atoms with Gasteiger partial charge < -0.3 is 23.8 Å². The Morgan fingerprint density at radius 2 is 1.28 bits per heavy atom. The van der Waals surface area contributed by atoms with Crippen molar-refractivity contribution in [2.75, 3.05) is 52.9 Å². The largest absolute Gasteiger partial charge is 0.381 e. The van der Waals surface area contributed by atoms with E-state index in [0.29, 0.717) is 44.7 Å². The highest BCUT2D eigenvalue weighted by Gasteiger charge is 2.34. The van der Waals surface area contributed by atoms with Crippen LogP contribution in [0.1, 0.15) is 40.0 Å². The first-order valence-electron chi connectivity index (χ1n) is 9.76. The van der Waals surface area contributed by atoms with Crippen LogP contribution in [0.25, 0.3) is 0 Å². The summed E-state index contributed by atoms with van der Waals surface area (Å²) in [5.74, 6) is -2.71. The van der Waals surface area contributed by atoms with E-state index in [1.165, 1.54) is 0 Å². The van der Waals surface area contributed by atoms with Gasteiger partial charge in [0, 0.05) is 32.7 Å². The Bertz CT molecular complexity index is 526. The lowest BCUT2D eigenvalue weighted by molar-refractivity contribution is -0.197. The normalized spacial score (nSPS) is 14.5. The summed E-state index contributed by atoms with van der Waals surface area (Å²) in [6, 6.07) is 0. The summed E-state index contributed by atoms with van der Waals surface area (Å²) in [6.45, 7) is 7.96. The number of hydrogen-bond acceptors (Lipinski definition) is 9. The highest BCUT2D eigenvalue weighted by molar-refractivity contribution is 6.03. The molecule has 29 heavy (non-hydrogen) atoms. The molecule has 1 heterocycles. The minimum Gasteiger partial charge on any atom is -0.381 e. The van der Waals surface area contributed by atoms with E-state index in [1.807, 2.05) is 20.8 Å². The molecule has 166 valence electrons. The molecular weight excluding hydrogens is 386 g/mol. The zero-order chi connectivity index (χ0) is 21.7. The monoisotopic (exact) mass is 417 g/mol. The van der Waals surface area contributed by atoms with Gasteiger partial charge in [-0.3, -0.25) is 14.4 Å². The van der Waals surface area contributed by atoms with Crippen LogP contribution in [0.5, 0.6) is 0 Å². The third-order valence-corrected chi connectivity index (χ3v) is 4.05. The number of Topliss-reactive ketones (excluding diaryl/α,β-unsaturated/α-hetero) is 1. The second-order valence-electron chi connectivity index (χ2n) is 6.66. The zero-order valence-electron chi connectivity index (χ0n) is 17.4. The smallest absolute Gasteiger partial charge is 0.340 e. The molecule has 0 aromatic carbocycles. The second kappa shape index (κ2) is 13.4. The predicted molar refractivity (Wildman–Crippen MR) is 99.5 cm³/mol. The summed E-state index contributed by atoms with van der Waals surface area (Å²) in [5, 5.41) is 0.410. The third-order valence-electron chi connectivity index (χ3n) is 4.05. The van der Waals surface area contributed by atoms with Crippen molar-refractivity contribution in [2.45, 2.75) is 40.0 Å². The maximum absolute atomic E-state index is 12.0. The number of rotatable bonds is 16. The summed E-state index contributed by atoms with van der Waals surface area (Å²) in [4.78, 5) is 51.3. The average molecular weight is 417 g/mol. The number of imide groups is 1. The quantitative estimate of drug-likeness (QED) is 0.264. The molecule has 0 saturated carbocycles. The van der Waals surface area contributed by atoms with Crippen LogP contribution >= 0.6 is 0 Å². The molecule has 0 aliphatic carbocycles. The first kappa shape index (κ1) is 25.2. The number of hydroxylamine groups is 2.